The molecule has 0 radical (unpaired) electrons. The predicted octanol–water partition coefficient (Wildman–Crippen LogP) is 1.26. The van der Waals surface area contributed by atoms with E-state index < -0.39 is 18.0 Å². The molecule has 0 aromatic heterocycles. The molecule has 0 N–H and O–H groups in total. The van der Waals surface area contributed by atoms with Gasteiger partial charge in [-0.3, -0.25) is 4.79 Å². The van der Waals surface area contributed by atoms with Gasteiger partial charge in [0.25, 0.3) is 0 Å². The van der Waals surface area contributed by atoms with Gasteiger partial charge in [0.15, 0.2) is 0 Å². The molecule has 0 spiro atoms. The molecular formula is C12H16N3O3+. The standard InChI is InChI=1S/C12H16N3O3/c1-4-7-10-11(16)13(8-5-2)12(17)14(9-6-3)15(10)18/h4-6,10H,1-3,7-9H2/q+1. The summed E-state index contributed by atoms with van der Waals surface area (Å²) >= 11 is 0. The van der Waals surface area contributed by atoms with Crippen molar-refractivity contribution in [1.82, 2.24) is 9.91 Å². The number of imide groups is 1. The largest absolute Gasteiger partial charge is 0.384 e. The number of carbonyl (C=O) groups is 2. The van der Waals surface area contributed by atoms with Crippen LogP contribution in [0.3, 0.4) is 0 Å². The molecule has 1 aliphatic rings. The summed E-state index contributed by atoms with van der Waals surface area (Å²) in [4.78, 5) is 37.3. The Morgan fingerprint density at radius 3 is 2.22 bits per heavy atom. The van der Waals surface area contributed by atoms with E-state index in [1.807, 2.05) is 0 Å². The van der Waals surface area contributed by atoms with E-state index in [2.05, 4.69) is 19.7 Å². The number of hydrogen-bond donors (Lipinski definition) is 0. The molecule has 0 aromatic rings. The van der Waals surface area contributed by atoms with Gasteiger partial charge in [-0.05, 0) is 5.01 Å². The lowest BCUT2D eigenvalue weighted by molar-refractivity contribution is -0.709. The molecule has 1 atom stereocenters. The summed E-state index contributed by atoms with van der Waals surface area (Å²) in [7, 11) is 0. The number of hydrogen-bond acceptors (Lipinski definition) is 3. The first kappa shape index (κ1) is 13.8. The van der Waals surface area contributed by atoms with Crippen molar-refractivity contribution in [2.75, 3.05) is 13.1 Å². The number of amides is 3. The van der Waals surface area contributed by atoms with Gasteiger partial charge in [0.1, 0.15) is 11.4 Å². The van der Waals surface area contributed by atoms with Crippen molar-refractivity contribution in [2.45, 2.75) is 12.5 Å². The highest BCUT2D eigenvalue weighted by molar-refractivity contribution is 5.97. The van der Waals surface area contributed by atoms with Crippen molar-refractivity contribution in [3.8, 4) is 0 Å². The van der Waals surface area contributed by atoms with Crippen molar-refractivity contribution >= 4 is 11.9 Å². The molecule has 0 saturated carbocycles. The van der Waals surface area contributed by atoms with Crippen LogP contribution in [0.15, 0.2) is 38.0 Å². The Balaban J connectivity index is 3.08. The fourth-order valence-electron chi connectivity index (χ4n) is 1.69. The Hall–Kier alpha value is -2.24. The second-order valence-electron chi connectivity index (χ2n) is 3.73. The molecule has 18 heavy (non-hydrogen) atoms. The Labute approximate surface area is 105 Å². The molecule has 1 aliphatic heterocycles. The predicted molar refractivity (Wildman–Crippen MR) is 66.4 cm³/mol. The lowest BCUT2D eigenvalue weighted by Crippen LogP contribution is -2.62. The van der Waals surface area contributed by atoms with Crippen LogP contribution in [0.4, 0.5) is 4.79 Å². The summed E-state index contributed by atoms with van der Waals surface area (Å²) in [6.45, 7) is 10.6. The average molecular weight is 250 g/mol. The van der Waals surface area contributed by atoms with Crippen molar-refractivity contribution in [1.29, 1.82) is 0 Å². The molecule has 3 amide bonds. The van der Waals surface area contributed by atoms with Gasteiger partial charge in [0.05, 0.1) is 4.91 Å². The van der Waals surface area contributed by atoms with E-state index in [1.54, 1.807) is 0 Å². The number of carbonyl (C=O) groups excluding carboxylic acids is 2. The van der Waals surface area contributed by atoms with Crippen LogP contribution < -0.4 is 0 Å². The Morgan fingerprint density at radius 1 is 1.11 bits per heavy atom. The quantitative estimate of drug-likeness (QED) is 0.526. The van der Waals surface area contributed by atoms with Crippen molar-refractivity contribution in [2.24, 2.45) is 0 Å². The first-order valence-corrected chi connectivity index (χ1v) is 5.50. The first-order valence-electron chi connectivity index (χ1n) is 5.50. The van der Waals surface area contributed by atoms with Gasteiger partial charge in [-0.2, -0.15) is 0 Å². The molecule has 1 heterocycles. The van der Waals surface area contributed by atoms with E-state index in [-0.39, 0.29) is 19.5 Å². The summed E-state index contributed by atoms with van der Waals surface area (Å²) in [5.74, 6) is -0.532. The smallest absolute Gasteiger partial charge is 0.266 e. The van der Waals surface area contributed by atoms with Crippen LogP contribution in [0, 0.1) is 4.91 Å². The van der Waals surface area contributed by atoms with Gasteiger partial charge >= 0.3 is 18.0 Å². The molecule has 0 aromatic carbocycles. The van der Waals surface area contributed by atoms with Gasteiger partial charge in [-0.1, -0.05) is 18.2 Å². The monoisotopic (exact) mass is 250 g/mol. The zero-order valence-corrected chi connectivity index (χ0v) is 10.1. The van der Waals surface area contributed by atoms with Crippen LogP contribution in [-0.2, 0) is 4.79 Å². The number of rotatable bonds is 6. The second-order valence-corrected chi connectivity index (χ2v) is 3.73. The highest BCUT2D eigenvalue weighted by atomic mass is 16.4. The van der Waals surface area contributed by atoms with E-state index in [9.17, 15) is 14.5 Å². The van der Waals surface area contributed by atoms with Gasteiger partial charge in [0.2, 0.25) is 0 Å². The Bertz CT molecular complexity index is 337. The molecule has 0 bridgehead atoms. The maximum absolute atomic E-state index is 12.0. The lowest BCUT2D eigenvalue weighted by atomic mass is 10.1. The summed E-state index contributed by atoms with van der Waals surface area (Å²) in [6, 6.07) is -1.62. The second kappa shape index (κ2) is 5.90. The minimum atomic E-state index is -0.958. The third-order valence-electron chi connectivity index (χ3n) is 2.51. The zero-order chi connectivity index (χ0) is 13.7. The third kappa shape index (κ3) is 2.37. The minimum absolute atomic E-state index is 0.0525. The molecular weight excluding hydrogens is 234 g/mol. The zero-order valence-electron chi connectivity index (χ0n) is 10.1. The average Bonchev–Trinajstić information content (AvgIpc) is 2.35. The van der Waals surface area contributed by atoms with Crippen LogP contribution in [0.25, 0.3) is 0 Å². The molecule has 1 fully saturated rings. The fraction of sp³-hybridized carbons (Fsp3) is 0.333. The van der Waals surface area contributed by atoms with Gasteiger partial charge < -0.3 is 0 Å². The molecule has 0 aliphatic carbocycles. The van der Waals surface area contributed by atoms with Crippen LogP contribution in [0.5, 0.6) is 0 Å². The normalized spacial score (nSPS) is 20.0. The van der Waals surface area contributed by atoms with Crippen LogP contribution in [0.2, 0.25) is 0 Å². The number of nitrogens with zero attached hydrogens (tertiary/aromatic N) is 3. The summed E-state index contributed by atoms with van der Waals surface area (Å²) in [5.41, 5.74) is 0. The molecule has 1 saturated heterocycles. The fourth-order valence-corrected chi connectivity index (χ4v) is 1.69. The summed E-state index contributed by atoms with van der Waals surface area (Å²) in [6.07, 6.45) is 4.52. The van der Waals surface area contributed by atoms with Crippen LogP contribution >= 0.6 is 0 Å². The van der Waals surface area contributed by atoms with Gasteiger partial charge in [0, 0.05) is 13.0 Å². The molecule has 6 nitrogen and oxygen atoms in total. The third-order valence-corrected chi connectivity index (χ3v) is 2.51. The van der Waals surface area contributed by atoms with Gasteiger partial charge in [-0.25, -0.2) is 9.69 Å². The van der Waals surface area contributed by atoms with E-state index in [0.29, 0.717) is 4.87 Å². The topological polar surface area (TPSA) is 60.7 Å². The Morgan fingerprint density at radius 2 is 1.72 bits per heavy atom. The number of nitroso groups, excluding NO2 is 1. The van der Waals surface area contributed by atoms with Crippen LogP contribution in [-0.4, -0.2) is 45.8 Å². The first-order chi connectivity index (χ1) is 8.58. The van der Waals surface area contributed by atoms with Gasteiger partial charge in [-0.15, -0.1) is 19.7 Å². The molecule has 1 unspecified atom stereocenters. The number of urea groups is 1. The maximum atomic E-state index is 12.0. The maximum Gasteiger partial charge on any atom is 0.384 e. The summed E-state index contributed by atoms with van der Waals surface area (Å²) in [5, 5.41) is 0.937. The van der Waals surface area contributed by atoms with E-state index in [1.165, 1.54) is 18.2 Å². The van der Waals surface area contributed by atoms with E-state index in [4.69, 9.17) is 0 Å². The molecule has 6 heteroatoms. The lowest BCUT2D eigenvalue weighted by Gasteiger charge is -2.28. The van der Waals surface area contributed by atoms with E-state index >= 15 is 0 Å². The highest BCUT2D eigenvalue weighted by Gasteiger charge is 2.51. The van der Waals surface area contributed by atoms with E-state index in [0.717, 1.165) is 9.91 Å². The van der Waals surface area contributed by atoms with Crippen molar-refractivity contribution in [3.05, 3.63) is 42.9 Å². The van der Waals surface area contributed by atoms with Crippen molar-refractivity contribution in [3.63, 3.8) is 0 Å². The SMILES string of the molecule is C=CCC1C(=O)N(CC=C)C(=O)N(CC=C)[N+]1=O. The highest BCUT2D eigenvalue weighted by Crippen LogP contribution is 2.16. The van der Waals surface area contributed by atoms with Crippen LogP contribution in [0.1, 0.15) is 6.42 Å². The molecule has 1 rings (SSSR count). The number of hydrazine groups is 1. The Kier molecular flexibility index (Phi) is 4.53. The van der Waals surface area contributed by atoms with Crippen molar-refractivity contribution < 1.29 is 14.5 Å². The summed E-state index contributed by atoms with van der Waals surface area (Å²) < 4.78 is 0. The minimum Gasteiger partial charge on any atom is -0.266 e. The molecule has 96 valence electrons.